The quantitative estimate of drug-likeness (QED) is 0.827. The zero-order valence-corrected chi connectivity index (χ0v) is 15.3. The summed E-state index contributed by atoms with van der Waals surface area (Å²) in [5, 5.41) is 0. The highest BCUT2D eigenvalue weighted by molar-refractivity contribution is 7.99. The van der Waals surface area contributed by atoms with Crippen molar-refractivity contribution >= 4 is 23.6 Å². The topological polar surface area (TPSA) is 40.6 Å². The Kier molecular flexibility index (Phi) is 5.49. The number of thioether (sulfide) groups is 1. The van der Waals surface area contributed by atoms with Gasteiger partial charge in [0.15, 0.2) is 0 Å². The van der Waals surface area contributed by atoms with E-state index < -0.39 is 0 Å². The van der Waals surface area contributed by atoms with Crippen molar-refractivity contribution in [1.29, 1.82) is 0 Å². The number of aryl methyl sites for hydroxylation is 1. The summed E-state index contributed by atoms with van der Waals surface area (Å²) in [6, 6.07) is 8.75. The Morgan fingerprint density at radius 2 is 1.75 bits per heavy atom. The number of hydrogen-bond acceptors (Lipinski definition) is 3. The zero-order chi connectivity index (χ0) is 17.1. The minimum Gasteiger partial charge on any atom is -0.343 e. The van der Waals surface area contributed by atoms with Crippen molar-refractivity contribution in [2.45, 2.75) is 32.7 Å². The lowest BCUT2D eigenvalue weighted by Gasteiger charge is -2.40. The second-order valence-electron chi connectivity index (χ2n) is 6.81. The van der Waals surface area contributed by atoms with Crippen LogP contribution in [-0.2, 0) is 9.59 Å². The predicted molar refractivity (Wildman–Crippen MR) is 97.9 cm³/mol. The van der Waals surface area contributed by atoms with Crippen LogP contribution in [0.4, 0.5) is 0 Å². The average Bonchev–Trinajstić information content (AvgIpc) is 2.62. The molecule has 2 saturated heterocycles. The third kappa shape index (κ3) is 3.77. The Bertz CT molecular complexity index is 594. The smallest absolute Gasteiger partial charge is 0.226 e. The summed E-state index contributed by atoms with van der Waals surface area (Å²) in [7, 11) is 0. The molecule has 0 spiro atoms. The number of likely N-dealkylation sites (tertiary alicyclic amines) is 1. The average molecular weight is 346 g/mol. The number of carbonyl (C=O) groups is 2. The van der Waals surface area contributed by atoms with Crippen LogP contribution in [0.2, 0.25) is 0 Å². The van der Waals surface area contributed by atoms with E-state index in [4.69, 9.17) is 0 Å². The second kappa shape index (κ2) is 7.60. The molecule has 5 heteroatoms. The van der Waals surface area contributed by atoms with Gasteiger partial charge in [-0.05, 0) is 25.3 Å². The number of benzene rings is 1. The van der Waals surface area contributed by atoms with Gasteiger partial charge in [-0.15, -0.1) is 0 Å². The molecule has 0 aliphatic carbocycles. The van der Waals surface area contributed by atoms with Crippen molar-refractivity contribution in [2.75, 3.05) is 31.1 Å². The number of piperidine rings is 1. The molecule has 1 aromatic rings. The van der Waals surface area contributed by atoms with Crippen molar-refractivity contribution in [1.82, 2.24) is 9.80 Å². The van der Waals surface area contributed by atoms with Gasteiger partial charge >= 0.3 is 0 Å². The highest BCUT2D eigenvalue weighted by atomic mass is 32.2. The minimum atomic E-state index is 0.0663. The van der Waals surface area contributed by atoms with E-state index in [2.05, 4.69) is 36.1 Å². The molecule has 0 radical (unpaired) electrons. The molecular weight excluding hydrogens is 320 g/mol. The van der Waals surface area contributed by atoms with Gasteiger partial charge in [0.1, 0.15) is 0 Å². The minimum absolute atomic E-state index is 0.0663. The molecule has 2 heterocycles. The van der Waals surface area contributed by atoms with Gasteiger partial charge in [0, 0.05) is 44.0 Å². The lowest BCUT2D eigenvalue weighted by Crippen LogP contribution is -2.47. The molecule has 2 amide bonds. The van der Waals surface area contributed by atoms with Crippen molar-refractivity contribution in [3.05, 3.63) is 35.4 Å². The van der Waals surface area contributed by atoms with Gasteiger partial charge in [0.25, 0.3) is 0 Å². The molecule has 0 saturated carbocycles. The monoisotopic (exact) mass is 346 g/mol. The Morgan fingerprint density at radius 1 is 1.08 bits per heavy atom. The van der Waals surface area contributed by atoms with E-state index in [1.165, 1.54) is 11.1 Å². The molecule has 2 aliphatic heterocycles. The summed E-state index contributed by atoms with van der Waals surface area (Å²) >= 11 is 1.93. The van der Waals surface area contributed by atoms with Crippen LogP contribution in [0.3, 0.4) is 0 Å². The van der Waals surface area contributed by atoms with Crippen molar-refractivity contribution in [3.8, 4) is 0 Å². The molecule has 130 valence electrons. The maximum Gasteiger partial charge on any atom is 0.226 e. The highest BCUT2D eigenvalue weighted by Gasteiger charge is 2.34. The number of rotatable bonds is 2. The Balaban J connectivity index is 1.70. The first-order valence-electron chi connectivity index (χ1n) is 8.76. The van der Waals surface area contributed by atoms with Gasteiger partial charge in [-0.2, -0.15) is 11.8 Å². The third-order valence-electron chi connectivity index (χ3n) is 5.16. The largest absolute Gasteiger partial charge is 0.343 e. The van der Waals surface area contributed by atoms with Crippen LogP contribution in [-0.4, -0.2) is 52.8 Å². The highest BCUT2D eigenvalue weighted by Crippen LogP contribution is 2.32. The van der Waals surface area contributed by atoms with Gasteiger partial charge in [-0.25, -0.2) is 0 Å². The summed E-state index contributed by atoms with van der Waals surface area (Å²) in [6.45, 7) is 5.95. The fourth-order valence-electron chi connectivity index (χ4n) is 3.61. The summed E-state index contributed by atoms with van der Waals surface area (Å²) in [5.74, 6) is 2.45. The molecule has 1 atom stereocenters. The van der Waals surface area contributed by atoms with E-state index in [0.717, 1.165) is 30.9 Å². The Labute approximate surface area is 148 Å². The van der Waals surface area contributed by atoms with Crippen molar-refractivity contribution in [2.24, 2.45) is 5.92 Å². The number of hydrogen-bond donors (Lipinski definition) is 0. The Hall–Kier alpha value is -1.49. The Morgan fingerprint density at radius 3 is 2.38 bits per heavy atom. The first-order chi connectivity index (χ1) is 11.6. The van der Waals surface area contributed by atoms with Crippen molar-refractivity contribution in [3.63, 3.8) is 0 Å². The zero-order valence-electron chi connectivity index (χ0n) is 14.5. The molecule has 2 fully saturated rings. The van der Waals surface area contributed by atoms with E-state index in [9.17, 15) is 9.59 Å². The van der Waals surface area contributed by atoms with Crippen LogP contribution in [0, 0.1) is 12.8 Å². The molecule has 0 bridgehead atoms. The van der Waals surface area contributed by atoms with E-state index in [-0.39, 0.29) is 23.8 Å². The predicted octanol–water partition coefficient (Wildman–Crippen LogP) is 2.87. The SMILES string of the molecule is CC(=O)N1CCC(C(=O)N2CCSC[C@@H]2c2ccc(C)cc2)CC1. The van der Waals surface area contributed by atoms with Crippen LogP contribution in [0.15, 0.2) is 24.3 Å². The molecule has 2 aliphatic rings. The van der Waals surface area contributed by atoms with Gasteiger partial charge in [0.05, 0.1) is 6.04 Å². The molecule has 0 unspecified atom stereocenters. The molecule has 0 N–H and O–H groups in total. The van der Waals surface area contributed by atoms with Gasteiger partial charge in [-0.3, -0.25) is 9.59 Å². The lowest BCUT2D eigenvalue weighted by molar-refractivity contribution is -0.141. The maximum atomic E-state index is 13.1. The van der Waals surface area contributed by atoms with Crippen LogP contribution >= 0.6 is 11.8 Å². The molecule has 4 nitrogen and oxygen atoms in total. The number of amides is 2. The van der Waals surface area contributed by atoms with E-state index in [1.807, 2.05) is 16.7 Å². The third-order valence-corrected chi connectivity index (χ3v) is 6.19. The molecule has 1 aromatic carbocycles. The standard InChI is InChI=1S/C19H26N2O2S/c1-14-3-5-16(6-4-14)18-13-24-12-11-21(18)19(23)17-7-9-20(10-8-17)15(2)22/h3-6,17-18H,7-13H2,1-2H3/t18-/m1/s1. The second-order valence-corrected chi connectivity index (χ2v) is 7.96. The molecule has 24 heavy (non-hydrogen) atoms. The first kappa shape index (κ1) is 17.3. The normalized spacial score (nSPS) is 22.5. The van der Waals surface area contributed by atoms with E-state index >= 15 is 0 Å². The van der Waals surface area contributed by atoms with Gasteiger partial charge in [-0.1, -0.05) is 29.8 Å². The van der Waals surface area contributed by atoms with Gasteiger partial charge in [0.2, 0.25) is 11.8 Å². The number of carbonyl (C=O) groups excluding carboxylic acids is 2. The number of nitrogens with zero attached hydrogens (tertiary/aromatic N) is 2. The van der Waals surface area contributed by atoms with Crippen LogP contribution in [0.1, 0.15) is 36.9 Å². The molecule has 0 aromatic heterocycles. The lowest BCUT2D eigenvalue weighted by atomic mass is 9.93. The fourth-order valence-corrected chi connectivity index (χ4v) is 4.70. The van der Waals surface area contributed by atoms with Gasteiger partial charge < -0.3 is 9.80 Å². The summed E-state index contributed by atoms with van der Waals surface area (Å²) in [4.78, 5) is 28.5. The van der Waals surface area contributed by atoms with Crippen LogP contribution in [0.5, 0.6) is 0 Å². The summed E-state index contributed by atoms with van der Waals surface area (Å²) < 4.78 is 0. The molecular formula is C19H26N2O2S. The maximum absolute atomic E-state index is 13.1. The first-order valence-corrected chi connectivity index (χ1v) is 9.92. The van der Waals surface area contributed by atoms with Crippen LogP contribution in [0.25, 0.3) is 0 Å². The van der Waals surface area contributed by atoms with E-state index in [0.29, 0.717) is 13.1 Å². The van der Waals surface area contributed by atoms with Crippen LogP contribution < -0.4 is 0 Å². The van der Waals surface area contributed by atoms with E-state index in [1.54, 1.807) is 6.92 Å². The fraction of sp³-hybridized carbons (Fsp3) is 0.579. The summed E-state index contributed by atoms with van der Waals surface area (Å²) in [6.07, 6.45) is 1.59. The van der Waals surface area contributed by atoms with Crippen molar-refractivity contribution < 1.29 is 9.59 Å². The molecule has 3 rings (SSSR count). The summed E-state index contributed by atoms with van der Waals surface area (Å²) in [5.41, 5.74) is 2.49.